The standard InChI is InChI=1S/C10H14N5O7P/c11-8-5-9(13-2-12-8)14-3-15(5)10-7(17)6(16)4(22-10)1-21-23(18,19)20/h2-4,6-7,10,16-17H,1H2,(H2,11,12,13)(H2,18,19,20)/t4-,6-,7-,10-/m1/s1. The lowest BCUT2D eigenvalue weighted by atomic mass is 10.1. The van der Waals surface area contributed by atoms with E-state index in [-0.39, 0.29) is 11.5 Å². The summed E-state index contributed by atoms with van der Waals surface area (Å²) in [5.41, 5.74) is 6.34. The Labute approximate surface area is 128 Å². The molecule has 13 heteroatoms. The zero-order valence-corrected chi connectivity index (χ0v) is 12.4. The van der Waals surface area contributed by atoms with Crippen LogP contribution in [0.4, 0.5) is 5.82 Å². The van der Waals surface area contributed by atoms with E-state index in [1.165, 1.54) is 17.2 Å². The molecule has 6 N–H and O–H groups in total. The largest absolute Gasteiger partial charge is 0.469 e. The van der Waals surface area contributed by atoms with Crippen LogP contribution in [0.3, 0.4) is 0 Å². The van der Waals surface area contributed by atoms with Crippen LogP contribution in [0.15, 0.2) is 12.7 Å². The van der Waals surface area contributed by atoms with Crippen LogP contribution in [0, 0.1) is 0 Å². The molecule has 2 aromatic rings. The van der Waals surface area contributed by atoms with E-state index in [1.807, 2.05) is 0 Å². The predicted molar refractivity (Wildman–Crippen MR) is 73.7 cm³/mol. The number of nitrogen functional groups attached to an aromatic ring is 1. The Balaban J connectivity index is 1.87. The van der Waals surface area contributed by atoms with Gasteiger partial charge in [-0.2, -0.15) is 0 Å². The van der Waals surface area contributed by atoms with Gasteiger partial charge in [-0.3, -0.25) is 9.09 Å². The van der Waals surface area contributed by atoms with Crippen LogP contribution in [0.5, 0.6) is 0 Å². The number of nitrogens with two attached hydrogens (primary N) is 1. The minimum Gasteiger partial charge on any atom is -0.387 e. The molecule has 126 valence electrons. The quantitative estimate of drug-likeness (QED) is 0.390. The molecule has 12 nitrogen and oxygen atoms in total. The summed E-state index contributed by atoms with van der Waals surface area (Å²) >= 11 is 0. The van der Waals surface area contributed by atoms with Crippen molar-refractivity contribution in [2.24, 2.45) is 0 Å². The van der Waals surface area contributed by atoms with Gasteiger partial charge in [-0.15, -0.1) is 0 Å². The Morgan fingerprint density at radius 3 is 2.74 bits per heavy atom. The van der Waals surface area contributed by atoms with Crippen molar-refractivity contribution in [3.63, 3.8) is 0 Å². The highest BCUT2D eigenvalue weighted by Crippen LogP contribution is 2.39. The Kier molecular flexibility index (Phi) is 4.06. The van der Waals surface area contributed by atoms with Crippen LogP contribution in [-0.2, 0) is 13.8 Å². The van der Waals surface area contributed by atoms with Crippen molar-refractivity contribution < 1.29 is 33.8 Å². The van der Waals surface area contributed by atoms with Crippen molar-refractivity contribution in [3.8, 4) is 0 Å². The SMILES string of the molecule is Nc1ncnc2ncn([C@@H]3O[C@H](COP(=O)(O)O)[C@@H](O)[C@H]3O)c12. The molecule has 0 bridgehead atoms. The van der Waals surface area contributed by atoms with E-state index >= 15 is 0 Å². The maximum absolute atomic E-state index is 10.7. The van der Waals surface area contributed by atoms with Crippen LogP contribution in [0.1, 0.15) is 6.23 Å². The number of imidazole rings is 1. The van der Waals surface area contributed by atoms with Gasteiger partial charge in [0.05, 0.1) is 6.61 Å². The summed E-state index contributed by atoms with van der Waals surface area (Å²) in [4.78, 5) is 29.1. The highest BCUT2D eigenvalue weighted by Gasteiger charge is 2.45. The minimum absolute atomic E-state index is 0.104. The molecule has 23 heavy (non-hydrogen) atoms. The maximum atomic E-state index is 10.7. The normalized spacial score (nSPS) is 28.5. The first-order chi connectivity index (χ1) is 10.8. The predicted octanol–water partition coefficient (Wildman–Crippen LogP) is -1.86. The summed E-state index contributed by atoms with van der Waals surface area (Å²) < 4.78 is 21.8. The topological polar surface area (TPSA) is 186 Å². The molecule has 1 aliphatic rings. The van der Waals surface area contributed by atoms with Gasteiger partial charge in [0.15, 0.2) is 17.7 Å². The number of aliphatic hydroxyl groups is 2. The van der Waals surface area contributed by atoms with Gasteiger partial charge in [-0.1, -0.05) is 0 Å². The van der Waals surface area contributed by atoms with Gasteiger partial charge in [-0.25, -0.2) is 19.5 Å². The lowest BCUT2D eigenvalue weighted by molar-refractivity contribution is -0.0501. The zero-order valence-electron chi connectivity index (χ0n) is 11.5. The Hall–Kier alpha value is -1.66. The van der Waals surface area contributed by atoms with Gasteiger partial charge in [0.25, 0.3) is 0 Å². The van der Waals surface area contributed by atoms with Gasteiger partial charge in [-0.05, 0) is 0 Å². The van der Waals surface area contributed by atoms with Gasteiger partial charge < -0.3 is 30.5 Å². The van der Waals surface area contributed by atoms with Crippen LogP contribution in [0.25, 0.3) is 11.2 Å². The van der Waals surface area contributed by atoms with E-state index in [1.54, 1.807) is 0 Å². The molecule has 0 saturated carbocycles. The molecule has 0 unspecified atom stereocenters. The van der Waals surface area contributed by atoms with Crippen molar-refractivity contribution in [2.45, 2.75) is 24.5 Å². The number of phosphoric ester groups is 1. The molecular formula is C10H14N5O7P. The van der Waals surface area contributed by atoms with E-state index in [2.05, 4.69) is 19.5 Å². The minimum atomic E-state index is -4.72. The van der Waals surface area contributed by atoms with Crippen LogP contribution in [0.2, 0.25) is 0 Å². The molecule has 2 aromatic heterocycles. The third-order valence-corrected chi connectivity index (χ3v) is 3.90. The number of hydrogen-bond donors (Lipinski definition) is 5. The number of phosphoric acid groups is 1. The Morgan fingerprint density at radius 2 is 2.04 bits per heavy atom. The molecule has 0 aromatic carbocycles. The highest BCUT2D eigenvalue weighted by atomic mass is 31.2. The van der Waals surface area contributed by atoms with Crippen molar-refractivity contribution in [3.05, 3.63) is 12.7 Å². The van der Waals surface area contributed by atoms with Crippen molar-refractivity contribution in [1.82, 2.24) is 19.5 Å². The third kappa shape index (κ3) is 3.05. The summed E-state index contributed by atoms with van der Waals surface area (Å²) in [6, 6.07) is 0. The number of nitrogens with zero attached hydrogens (tertiary/aromatic N) is 4. The average Bonchev–Trinajstić information content (AvgIpc) is 3.01. The smallest absolute Gasteiger partial charge is 0.387 e. The fraction of sp³-hybridized carbons (Fsp3) is 0.500. The molecule has 4 atom stereocenters. The van der Waals surface area contributed by atoms with Gasteiger partial charge >= 0.3 is 7.82 Å². The average molecular weight is 347 g/mol. The lowest BCUT2D eigenvalue weighted by Crippen LogP contribution is -2.33. The monoisotopic (exact) mass is 347 g/mol. The number of hydrogen-bond acceptors (Lipinski definition) is 9. The Bertz CT molecular complexity index is 763. The molecular weight excluding hydrogens is 333 g/mol. The summed E-state index contributed by atoms with van der Waals surface area (Å²) in [5.74, 6) is 0.104. The molecule has 0 aliphatic carbocycles. The number of rotatable bonds is 4. The summed E-state index contributed by atoms with van der Waals surface area (Å²) in [6.45, 7) is -0.600. The Morgan fingerprint density at radius 1 is 1.30 bits per heavy atom. The van der Waals surface area contributed by atoms with Crippen LogP contribution < -0.4 is 5.73 Å². The zero-order chi connectivity index (χ0) is 16.8. The molecule has 3 rings (SSSR count). The number of aromatic nitrogens is 4. The summed E-state index contributed by atoms with van der Waals surface area (Å²) in [6.07, 6.45) is -2.51. The second kappa shape index (κ2) is 5.76. The summed E-state index contributed by atoms with van der Waals surface area (Å²) in [7, 11) is -4.72. The van der Waals surface area contributed by atoms with E-state index in [9.17, 15) is 14.8 Å². The lowest BCUT2D eigenvalue weighted by Gasteiger charge is -2.17. The molecule has 1 aliphatic heterocycles. The first-order valence-electron chi connectivity index (χ1n) is 6.42. The molecule has 0 amide bonds. The van der Waals surface area contributed by atoms with Crippen molar-refractivity contribution in [1.29, 1.82) is 0 Å². The number of ether oxygens (including phenoxy) is 1. The van der Waals surface area contributed by atoms with Crippen LogP contribution >= 0.6 is 7.82 Å². The fourth-order valence-electron chi connectivity index (χ4n) is 2.36. The fourth-order valence-corrected chi connectivity index (χ4v) is 2.70. The van der Waals surface area contributed by atoms with E-state index in [4.69, 9.17) is 20.3 Å². The molecule has 3 heterocycles. The van der Waals surface area contributed by atoms with Gasteiger partial charge in [0.2, 0.25) is 0 Å². The number of aliphatic hydroxyl groups excluding tert-OH is 2. The van der Waals surface area contributed by atoms with Gasteiger partial charge in [0, 0.05) is 0 Å². The first kappa shape index (κ1) is 16.2. The highest BCUT2D eigenvalue weighted by molar-refractivity contribution is 7.46. The van der Waals surface area contributed by atoms with Crippen molar-refractivity contribution >= 4 is 24.8 Å². The number of fused-ring (bicyclic) bond motifs is 1. The molecule has 0 spiro atoms. The van der Waals surface area contributed by atoms with Crippen molar-refractivity contribution in [2.75, 3.05) is 12.3 Å². The number of anilines is 1. The second-order valence-electron chi connectivity index (χ2n) is 4.92. The van der Waals surface area contributed by atoms with E-state index < -0.39 is 39.0 Å². The molecule has 1 saturated heterocycles. The third-order valence-electron chi connectivity index (χ3n) is 3.41. The maximum Gasteiger partial charge on any atom is 0.469 e. The van der Waals surface area contributed by atoms with E-state index in [0.29, 0.717) is 5.52 Å². The molecule has 0 radical (unpaired) electrons. The second-order valence-corrected chi connectivity index (χ2v) is 6.15. The van der Waals surface area contributed by atoms with Gasteiger partial charge in [0.1, 0.15) is 36.5 Å². The van der Waals surface area contributed by atoms with Crippen LogP contribution in [-0.4, -0.2) is 64.4 Å². The molecule has 1 fully saturated rings. The first-order valence-corrected chi connectivity index (χ1v) is 7.95. The van der Waals surface area contributed by atoms with E-state index in [0.717, 1.165) is 0 Å². The summed E-state index contributed by atoms with van der Waals surface area (Å²) in [5, 5.41) is 20.1.